The molecule has 0 fully saturated rings. The number of rotatable bonds is 3. The van der Waals surface area contributed by atoms with Crippen LogP contribution in [-0.4, -0.2) is 20.7 Å². The molecule has 4 rings (SSSR count). The summed E-state index contributed by atoms with van der Waals surface area (Å²) in [5, 5.41) is 7.55. The molecule has 0 saturated heterocycles. The average molecular weight is 370 g/mol. The number of aryl methyl sites for hydroxylation is 1. The van der Waals surface area contributed by atoms with Gasteiger partial charge >= 0.3 is 0 Å². The molecular formula is C18H12F2N4OS. The van der Waals surface area contributed by atoms with Crippen LogP contribution in [-0.2, 0) is 0 Å². The average Bonchev–Trinajstić information content (AvgIpc) is 3.17. The Morgan fingerprint density at radius 3 is 2.73 bits per heavy atom. The van der Waals surface area contributed by atoms with Gasteiger partial charge in [0.15, 0.2) is 0 Å². The van der Waals surface area contributed by atoms with Gasteiger partial charge in [0.1, 0.15) is 17.5 Å². The second-order valence-electron chi connectivity index (χ2n) is 5.63. The summed E-state index contributed by atoms with van der Waals surface area (Å²) >= 11 is 1.42. The van der Waals surface area contributed by atoms with Gasteiger partial charge in [-0.2, -0.15) is 9.78 Å². The molecule has 0 atom stereocenters. The van der Waals surface area contributed by atoms with Gasteiger partial charge in [0.05, 0.1) is 21.5 Å². The van der Waals surface area contributed by atoms with Crippen LogP contribution in [0.4, 0.5) is 14.6 Å². The van der Waals surface area contributed by atoms with Crippen molar-refractivity contribution in [2.45, 2.75) is 6.92 Å². The topological polar surface area (TPSA) is 59.8 Å². The maximum Gasteiger partial charge on any atom is 0.259 e. The molecule has 0 spiro atoms. The highest BCUT2D eigenvalue weighted by atomic mass is 32.1. The molecule has 2 aromatic heterocycles. The van der Waals surface area contributed by atoms with Gasteiger partial charge in [-0.15, -0.1) is 0 Å². The molecule has 26 heavy (non-hydrogen) atoms. The molecule has 0 radical (unpaired) electrons. The largest absolute Gasteiger partial charge is 0.306 e. The number of benzene rings is 2. The SMILES string of the molecule is Cc1cc(NC(=O)c2ccc(F)cc2F)n(-c2nc3ccccc3s2)n1. The Balaban J connectivity index is 1.70. The molecule has 1 amide bonds. The highest BCUT2D eigenvalue weighted by molar-refractivity contribution is 7.20. The molecule has 0 unspecified atom stereocenters. The van der Waals surface area contributed by atoms with E-state index in [1.807, 2.05) is 24.3 Å². The summed E-state index contributed by atoms with van der Waals surface area (Å²) in [5.41, 5.74) is 1.24. The van der Waals surface area contributed by atoms with Crippen LogP contribution in [0, 0.1) is 18.6 Å². The zero-order chi connectivity index (χ0) is 18.3. The number of anilines is 1. The minimum absolute atomic E-state index is 0.249. The van der Waals surface area contributed by atoms with Crippen molar-refractivity contribution < 1.29 is 13.6 Å². The number of para-hydroxylation sites is 1. The van der Waals surface area contributed by atoms with Crippen LogP contribution < -0.4 is 5.32 Å². The van der Waals surface area contributed by atoms with Gasteiger partial charge < -0.3 is 5.32 Å². The molecule has 0 aliphatic heterocycles. The lowest BCUT2D eigenvalue weighted by atomic mass is 10.2. The molecule has 0 aliphatic rings. The fraction of sp³-hybridized carbons (Fsp3) is 0.0556. The molecule has 5 nitrogen and oxygen atoms in total. The van der Waals surface area contributed by atoms with Crippen molar-refractivity contribution in [2.24, 2.45) is 0 Å². The van der Waals surface area contributed by atoms with Gasteiger partial charge in [-0.3, -0.25) is 4.79 Å². The van der Waals surface area contributed by atoms with Crippen LogP contribution in [0.3, 0.4) is 0 Å². The zero-order valence-corrected chi connectivity index (χ0v) is 14.3. The Hall–Kier alpha value is -3.13. The van der Waals surface area contributed by atoms with Gasteiger partial charge in [-0.05, 0) is 31.2 Å². The van der Waals surface area contributed by atoms with E-state index in [9.17, 15) is 13.6 Å². The normalized spacial score (nSPS) is 11.0. The summed E-state index contributed by atoms with van der Waals surface area (Å²) in [6, 6.07) is 12.1. The van der Waals surface area contributed by atoms with Crippen LogP contribution in [0.15, 0.2) is 48.5 Å². The summed E-state index contributed by atoms with van der Waals surface area (Å²) in [5.74, 6) is -2.00. The molecule has 0 saturated carbocycles. The standard InChI is InChI=1S/C18H12F2N4OS/c1-10-8-16(22-17(25)12-7-6-11(19)9-13(12)20)24(23-10)18-21-14-4-2-3-5-15(14)26-18/h2-9H,1H3,(H,22,25). The predicted octanol–water partition coefficient (Wildman–Crippen LogP) is 4.32. The zero-order valence-electron chi connectivity index (χ0n) is 13.5. The van der Waals surface area contributed by atoms with Crippen molar-refractivity contribution >= 4 is 33.3 Å². The van der Waals surface area contributed by atoms with E-state index >= 15 is 0 Å². The van der Waals surface area contributed by atoms with Crippen LogP contribution in [0.2, 0.25) is 0 Å². The summed E-state index contributed by atoms with van der Waals surface area (Å²) in [6.07, 6.45) is 0. The van der Waals surface area contributed by atoms with Crippen LogP contribution in [0.25, 0.3) is 15.3 Å². The first-order valence-corrected chi connectivity index (χ1v) is 8.52. The highest BCUT2D eigenvalue weighted by Crippen LogP contribution is 2.27. The number of amides is 1. The lowest BCUT2D eigenvalue weighted by Crippen LogP contribution is -2.16. The van der Waals surface area contributed by atoms with E-state index in [1.165, 1.54) is 16.0 Å². The fourth-order valence-corrected chi connectivity index (χ4v) is 3.47. The Morgan fingerprint density at radius 1 is 1.15 bits per heavy atom. The summed E-state index contributed by atoms with van der Waals surface area (Å²) in [6.45, 7) is 1.78. The molecule has 1 N–H and O–H groups in total. The lowest BCUT2D eigenvalue weighted by Gasteiger charge is -2.07. The number of aromatic nitrogens is 3. The van der Waals surface area contributed by atoms with Gasteiger partial charge in [0.25, 0.3) is 5.91 Å². The molecule has 0 aliphatic carbocycles. The van der Waals surface area contributed by atoms with E-state index in [0.29, 0.717) is 22.7 Å². The van der Waals surface area contributed by atoms with Crippen LogP contribution >= 0.6 is 11.3 Å². The molecule has 4 aromatic rings. The highest BCUT2D eigenvalue weighted by Gasteiger charge is 2.17. The van der Waals surface area contributed by atoms with Crippen molar-refractivity contribution in [1.29, 1.82) is 0 Å². The second kappa shape index (κ2) is 6.30. The Kier molecular flexibility index (Phi) is 3.96. The monoisotopic (exact) mass is 370 g/mol. The summed E-state index contributed by atoms with van der Waals surface area (Å²) < 4.78 is 29.4. The molecular weight excluding hydrogens is 358 g/mol. The minimum Gasteiger partial charge on any atom is -0.306 e. The first-order chi connectivity index (χ1) is 12.5. The quantitative estimate of drug-likeness (QED) is 0.584. The van der Waals surface area contributed by atoms with Gasteiger partial charge in [-0.1, -0.05) is 23.5 Å². The van der Waals surface area contributed by atoms with E-state index in [4.69, 9.17) is 0 Å². The van der Waals surface area contributed by atoms with Crippen molar-refractivity contribution in [3.63, 3.8) is 0 Å². The number of nitrogens with one attached hydrogen (secondary N) is 1. The van der Waals surface area contributed by atoms with E-state index in [0.717, 1.165) is 22.3 Å². The number of hydrogen-bond donors (Lipinski definition) is 1. The first-order valence-electron chi connectivity index (χ1n) is 7.70. The smallest absolute Gasteiger partial charge is 0.259 e. The fourth-order valence-electron chi connectivity index (χ4n) is 2.54. The number of carbonyl (C=O) groups is 1. The van der Waals surface area contributed by atoms with E-state index < -0.39 is 17.5 Å². The maximum atomic E-state index is 13.8. The number of fused-ring (bicyclic) bond motifs is 1. The van der Waals surface area contributed by atoms with Gasteiger partial charge in [-0.25, -0.2) is 13.8 Å². The third-order valence-corrected chi connectivity index (χ3v) is 4.72. The molecule has 2 heterocycles. The Bertz CT molecular complexity index is 1100. The van der Waals surface area contributed by atoms with Crippen molar-refractivity contribution in [3.8, 4) is 5.13 Å². The van der Waals surface area contributed by atoms with Crippen molar-refractivity contribution in [1.82, 2.24) is 14.8 Å². The van der Waals surface area contributed by atoms with E-state index in [-0.39, 0.29) is 5.56 Å². The molecule has 2 aromatic carbocycles. The molecule has 0 bridgehead atoms. The number of halogens is 2. The maximum absolute atomic E-state index is 13.8. The van der Waals surface area contributed by atoms with Gasteiger partial charge in [0.2, 0.25) is 5.13 Å². The molecule has 130 valence electrons. The van der Waals surface area contributed by atoms with Crippen molar-refractivity contribution in [3.05, 3.63) is 71.4 Å². The summed E-state index contributed by atoms with van der Waals surface area (Å²) in [7, 11) is 0. The van der Waals surface area contributed by atoms with Crippen molar-refractivity contribution in [2.75, 3.05) is 5.32 Å². The molecule has 8 heteroatoms. The third-order valence-electron chi connectivity index (χ3n) is 3.71. The lowest BCUT2D eigenvalue weighted by molar-refractivity contribution is 0.102. The third kappa shape index (κ3) is 2.95. The van der Waals surface area contributed by atoms with E-state index in [1.54, 1.807) is 13.0 Å². The second-order valence-corrected chi connectivity index (χ2v) is 6.63. The first kappa shape index (κ1) is 16.3. The Morgan fingerprint density at radius 2 is 1.96 bits per heavy atom. The predicted molar refractivity (Wildman–Crippen MR) is 95.8 cm³/mol. The number of thiazole rings is 1. The van der Waals surface area contributed by atoms with Crippen LogP contribution in [0.1, 0.15) is 16.1 Å². The van der Waals surface area contributed by atoms with E-state index in [2.05, 4.69) is 15.4 Å². The number of nitrogens with zero attached hydrogens (tertiary/aromatic N) is 3. The summed E-state index contributed by atoms with van der Waals surface area (Å²) in [4.78, 5) is 16.9. The number of carbonyl (C=O) groups excluding carboxylic acids is 1. The van der Waals surface area contributed by atoms with Crippen LogP contribution in [0.5, 0.6) is 0 Å². The Labute approximate surface area is 150 Å². The van der Waals surface area contributed by atoms with Gasteiger partial charge in [0, 0.05) is 12.1 Å². The number of hydrogen-bond acceptors (Lipinski definition) is 4. The minimum atomic E-state index is -0.926.